The fourth-order valence-electron chi connectivity index (χ4n) is 3.13. The van der Waals surface area contributed by atoms with E-state index in [2.05, 4.69) is 40.7 Å². The minimum absolute atomic E-state index is 0. The van der Waals surface area contributed by atoms with Crippen molar-refractivity contribution in [3.63, 3.8) is 0 Å². The van der Waals surface area contributed by atoms with Gasteiger partial charge in [-0.05, 0) is 50.7 Å². The lowest BCUT2D eigenvalue weighted by molar-refractivity contribution is 0.0698. The number of hydrogen-bond donors (Lipinski definition) is 2. The highest BCUT2D eigenvalue weighted by atomic mass is 127. The third-order valence-electron chi connectivity index (χ3n) is 4.68. The van der Waals surface area contributed by atoms with Crippen molar-refractivity contribution in [2.75, 3.05) is 40.5 Å². The Labute approximate surface area is 186 Å². The van der Waals surface area contributed by atoms with Crippen molar-refractivity contribution < 1.29 is 14.2 Å². The molecule has 1 saturated carbocycles. The van der Waals surface area contributed by atoms with E-state index < -0.39 is 0 Å². The quantitative estimate of drug-likeness (QED) is 0.208. The zero-order valence-corrected chi connectivity index (χ0v) is 19.8. The Bertz CT molecular complexity index is 578. The van der Waals surface area contributed by atoms with Crippen molar-refractivity contribution in [1.82, 2.24) is 10.6 Å². The molecule has 1 aliphatic carbocycles. The molecule has 1 aromatic carbocycles. The SMILES string of the molecule is CN=C(NCCCOCCOC)NCc1ccc(C)cc1OC1CCCC1.I. The third kappa shape index (κ3) is 9.43. The van der Waals surface area contributed by atoms with E-state index in [0.29, 0.717) is 32.5 Å². The first kappa shape index (κ1) is 25.0. The van der Waals surface area contributed by atoms with Crippen molar-refractivity contribution in [2.45, 2.75) is 51.7 Å². The topological polar surface area (TPSA) is 64.1 Å². The molecule has 2 rings (SSSR count). The molecule has 6 nitrogen and oxygen atoms in total. The Kier molecular flexibility index (Phi) is 13.3. The highest BCUT2D eigenvalue weighted by molar-refractivity contribution is 14.0. The van der Waals surface area contributed by atoms with E-state index in [-0.39, 0.29) is 24.0 Å². The molecule has 0 aromatic heterocycles. The summed E-state index contributed by atoms with van der Waals surface area (Å²) in [4.78, 5) is 4.29. The van der Waals surface area contributed by atoms with Gasteiger partial charge >= 0.3 is 0 Å². The van der Waals surface area contributed by atoms with Gasteiger partial charge in [0.1, 0.15) is 5.75 Å². The molecule has 2 N–H and O–H groups in total. The molecule has 160 valence electrons. The second-order valence-electron chi connectivity index (χ2n) is 6.95. The number of nitrogens with one attached hydrogen (secondary N) is 2. The summed E-state index contributed by atoms with van der Waals surface area (Å²) < 4.78 is 16.7. The van der Waals surface area contributed by atoms with Crippen LogP contribution in [0.15, 0.2) is 23.2 Å². The van der Waals surface area contributed by atoms with Gasteiger partial charge in [-0.3, -0.25) is 4.99 Å². The van der Waals surface area contributed by atoms with Crippen LogP contribution in [0, 0.1) is 6.92 Å². The molecule has 0 bridgehead atoms. The van der Waals surface area contributed by atoms with Crippen LogP contribution in [0.5, 0.6) is 5.75 Å². The minimum Gasteiger partial charge on any atom is -0.490 e. The summed E-state index contributed by atoms with van der Waals surface area (Å²) in [5.41, 5.74) is 2.39. The molecule has 28 heavy (non-hydrogen) atoms. The Morgan fingerprint density at radius 1 is 1.14 bits per heavy atom. The van der Waals surface area contributed by atoms with E-state index in [1.807, 2.05) is 0 Å². The highest BCUT2D eigenvalue weighted by Crippen LogP contribution is 2.27. The monoisotopic (exact) mass is 505 g/mol. The predicted molar refractivity (Wildman–Crippen MR) is 125 cm³/mol. The molecule has 1 fully saturated rings. The van der Waals surface area contributed by atoms with E-state index in [9.17, 15) is 0 Å². The van der Waals surface area contributed by atoms with Gasteiger partial charge in [-0.15, -0.1) is 24.0 Å². The minimum atomic E-state index is 0. The Hall–Kier alpha value is -1.06. The second kappa shape index (κ2) is 14.9. The summed E-state index contributed by atoms with van der Waals surface area (Å²) in [5.74, 6) is 1.79. The molecule has 1 aromatic rings. The van der Waals surface area contributed by atoms with E-state index >= 15 is 0 Å². The lowest BCUT2D eigenvalue weighted by Crippen LogP contribution is -2.37. The zero-order chi connectivity index (χ0) is 19.3. The second-order valence-corrected chi connectivity index (χ2v) is 6.95. The van der Waals surface area contributed by atoms with Gasteiger partial charge in [0, 0.05) is 39.4 Å². The van der Waals surface area contributed by atoms with Gasteiger partial charge in [0.25, 0.3) is 0 Å². The maximum atomic E-state index is 6.27. The van der Waals surface area contributed by atoms with Gasteiger partial charge in [-0.2, -0.15) is 0 Å². The van der Waals surface area contributed by atoms with Gasteiger partial charge in [0.15, 0.2) is 5.96 Å². The van der Waals surface area contributed by atoms with Gasteiger partial charge in [-0.1, -0.05) is 12.1 Å². The van der Waals surface area contributed by atoms with E-state index in [4.69, 9.17) is 14.2 Å². The Balaban J connectivity index is 0.00000392. The number of halogens is 1. The fraction of sp³-hybridized carbons (Fsp3) is 0.667. The van der Waals surface area contributed by atoms with Crippen LogP contribution in [0.1, 0.15) is 43.2 Å². The largest absolute Gasteiger partial charge is 0.490 e. The molecular formula is C21H36IN3O3. The average molecular weight is 505 g/mol. The van der Waals surface area contributed by atoms with Crippen molar-refractivity contribution in [3.8, 4) is 5.75 Å². The Morgan fingerprint density at radius 2 is 1.93 bits per heavy atom. The van der Waals surface area contributed by atoms with Gasteiger partial charge < -0.3 is 24.8 Å². The van der Waals surface area contributed by atoms with Crippen molar-refractivity contribution in [1.29, 1.82) is 0 Å². The van der Waals surface area contributed by atoms with Crippen LogP contribution in [0.25, 0.3) is 0 Å². The van der Waals surface area contributed by atoms with Crippen LogP contribution < -0.4 is 15.4 Å². The molecule has 0 saturated heterocycles. The molecule has 0 aliphatic heterocycles. The zero-order valence-electron chi connectivity index (χ0n) is 17.5. The van der Waals surface area contributed by atoms with E-state index in [0.717, 1.165) is 37.5 Å². The summed E-state index contributed by atoms with van der Waals surface area (Å²) in [7, 11) is 3.47. The lowest BCUT2D eigenvalue weighted by atomic mass is 10.1. The molecule has 0 amide bonds. The van der Waals surface area contributed by atoms with Crippen LogP contribution in [0.4, 0.5) is 0 Å². The molecule has 0 atom stereocenters. The molecule has 1 aliphatic rings. The summed E-state index contributed by atoms with van der Waals surface area (Å²) >= 11 is 0. The van der Waals surface area contributed by atoms with Crippen molar-refractivity contribution in [2.24, 2.45) is 4.99 Å². The van der Waals surface area contributed by atoms with Crippen LogP contribution in [-0.2, 0) is 16.0 Å². The normalized spacial score (nSPS) is 14.6. The van der Waals surface area contributed by atoms with Crippen molar-refractivity contribution in [3.05, 3.63) is 29.3 Å². The molecule has 0 unspecified atom stereocenters. The molecule has 0 heterocycles. The smallest absolute Gasteiger partial charge is 0.191 e. The number of guanidine groups is 1. The van der Waals surface area contributed by atoms with Crippen LogP contribution in [0.3, 0.4) is 0 Å². The van der Waals surface area contributed by atoms with Crippen LogP contribution >= 0.6 is 24.0 Å². The number of ether oxygens (including phenoxy) is 3. The molecule has 0 spiro atoms. The van der Waals surface area contributed by atoms with Gasteiger partial charge in [0.2, 0.25) is 0 Å². The summed E-state index contributed by atoms with van der Waals surface area (Å²) in [6.45, 7) is 5.59. The maximum Gasteiger partial charge on any atom is 0.191 e. The summed E-state index contributed by atoms with van der Waals surface area (Å²) in [6, 6.07) is 6.42. The summed E-state index contributed by atoms with van der Waals surface area (Å²) in [5, 5.41) is 6.70. The van der Waals surface area contributed by atoms with E-state index in [1.165, 1.54) is 24.0 Å². The number of aliphatic imine (C=N–C) groups is 1. The predicted octanol–water partition coefficient (Wildman–Crippen LogP) is 3.65. The number of hydrogen-bond acceptors (Lipinski definition) is 4. The molecular weight excluding hydrogens is 469 g/mol. The Morgan fingerprint density at radius 3 is 2.64 bits per heavy atom. The lowest BCUT2D eigenvalue weighted by Gasteiger charge is -2.18. The first-order chi connectivity index (χ1) is 13.2. The first-order valence-corrected chi connectivity index (χ1v) is 10.0. The first-order valence-electron chi connectivity index (χ1n) is 10.0. The molecule has 0 radical (unpaired) electrons. The number of methoxy groups -OCH3 is 1. The van der Waals surface area contributed by atoms with Crippen LogP contribution in [-0.4, -0.2) is 52.6 Å². The number of aryl methyl sites for hydroxylation is 1. The maximum absolute atomic E-state index is 6.27. The highest BCUT2D eigenvalue weighted by Gasteiger charge is 2.18. The average Bonchev–Trinajstić information content (AvgIpc) is 3.18. The van der Waals surface area contributed by atoms with Gasteiger partial charge in [0.05, 0.1) is 19.3 Å². The fourth-order valence-corrected chi connectivity index (χ4v) is 3.13. The van der Waals surface area contributed by atoms with Crippen LogP contribution in [0.2, 0.25) is 0 Å². The number of nitrogens with zero attached hydrogens (tertiary/aromatic N) is 1. The standard InChI is InChI=1S/C21H35N3O3.HI/c1-17-9-10-18(20(15-17)27-19-7-4-5-8-19)16-24-21(22-2)23-11-6-12-26-14-13-25-3;/h9-10,15,19H,4-8,11-14,16H2,1-3H3,(H2,22,23,24);1H. The van der Waals surface area contributed by atoms with Gasteiger partial charge in [-0.25, -0.2) is 0 Å². The van der Waals surface area contributed by atoms with Crippen molar-refractivity contribution >= 4 is 29.9 Å². The number of benzene rings is 1. The summed E-state index contributed by atoms with van der Waals surface area (Å²) in [6.07, 6.45) is 6.16. The van der Waals surface area contributed by atoms with E-state index in [1.54, 1.807) is 14.2 Å². The third-order valence-corrected chi connectivity index (χ3v) is 4.68. The molecule has 7 heteroatoms. The number of rotatable bonds is 11.